The molecule has 0 unspecified atom stereocenters. The maximum atomic E-state index is 11.9. The number of rotatable bonds is 2. The molecule has 94 valence electrons. The van der Waals surface area contributed by atoms with Crippen molar-refractivity contribution in [2.45, 2.75) is 32.6 Å². The highest BCUT2D eigenvalue weighted by molar-refractivity contribution is 5.75. The van der Waals surface area contributed by atoms with E-state index >= 15 is 0 Å². The Hall–Kier alpha value is -0.860. The van der Waals surface area contributed by atoms with Gasteiger partial charge in [-0.3, -0.25) is 4.79 Å². The highest BCUT2D eigenvalue weighted by Gasteiger charge is 2.70. The number of carbonyl (C=O) groups excluding carboxylic acids is 2. The molecule has 3 aliphatic carbocycles. The predicted molar refractivity (Wildman–Crippen MR) is 62.1 cm³/mol. The van der Waals surface area contributed by atoms with E-state index in [1.807, 2.05) is 0 Å². The minimum absolute atomic E-state index is 0.0282. The number of hydrogen-bond acceptors (Lipinski definition) is 3. The first-order valence-electron chi connectivity index (χ1n) is 6.67. The van der Waals surface area contributed by atoms with Crippen LogP contribution >= 0.6 is 0 Å². The lowest BCUT2D eigenvalue weighted by molar-refractivity contribution is -0.159. The van der Waals surface area contributed by atoms with Gasteiger partial charge in [0.05, 0.1) is 13.0 Å². The first kappa shape index (κ1) is 11.2. The maximum absolute atomic E-state index is 11.9. The van der Waals surface area contributed by atoms with Gasteiger partial charge in [-0.05, 0) is 42.4 Å². The van der Waals surface area contributed by atoms with E-state index in [9.17, 15) is 9.59 Å². The van der Waals surface area contributed by atoms with Gasteiger partial charge in [0.1, 0.15) is 6.29 Å². The van der Waals surface area contributed by atoms with Gasteiger partial charge >= 0.3 is 5.97 Å². The van der Waals surface area contributed by atoms with E-state index in [1.165, 1.54) is 26.4 Å². The van der Waals surface area contributed by atoms with Crippen LogP contribution in [0.4, 0.5) is 0 Å². The van der Waals surface area contributed by atoms with Gasteiger partial charge in [-0.2, -0.15) is 0 Å². The molecule has 0 aromatic rings. The van der Waals surface area contributed by atoms with Crippen molar-refractivity contribution in [1.82, 2.24) is 0 Å². The predicted octanol–water partition coefficient (Wildman–Crippen LogP) is 2.05. The number of hydrogen-bond donors (Lipinski definition) is 0. The van der Waals surface area contributed by atoms with Crippen molar-refractivity contribution in [2.75, 3.05) is 7.11 Å². The van der Waals surface area contributed by atoms with Crippen LogP contribution in [-0.2, 0) is 14.3 Å². The zero-order valence-corrected chi connectivity index (χ0v) is 10.5. The van der Waals surface area contributed by atoms with Crippen LogP contribution in [0.25, 0.3) is 0 Å². The van der Waals surface area contributed by atoms with Crippen molar-refractivity contribution in [3.8, 4) is 0 Å². The Kier molecular flexibility index (Phi) is 2.36. The van der Waals surface area contributed by atoms with Crippen molar-refractivity contribution in [2.24, 2.45) is 35.0 Å². The third-order valence-corrected chi connectivity index (χ3v) is 5.96. The molecule has 0 spiro atoms. The summed E-state index contributed by atoms with van der Waals surface area (Å²) in [6.07, 6.45) is 5.55. The zero-order valence-electron chi connectivity index (χ0n) is 10.5. The molecule has 3 nitrogen and oxygen atoms in total. The second-order valence-corrected chi connectivity index (χ2v) is 6.20. The Morgan fingerprint density at radius 2 is 2.18 bits per heavy atom. The van der Waals surface area contributed by atoms with Crippen molar-refractivity contribution < 1.29 is 14.3 Å². The second-order valence-electron chi connectivity index (χ2n) is 6.20. The summed E-state index contributed by atoms with van der Waals surface area (Å²) in [5.41, 5.74) is 0.0851. The quantitative estimate of drug-likeness (QED) is 0.544. The normalized spacial score (nSPS) is 51.3. The smallest absolute Gasteiger partial charge is 0.308 e. The average Bonchev–Trinajstić information content (AvgIpc) is 2.86. The molecule has 3 fully saturated rings. The molecule has 0 aromatic carbocycles. The monoisotopic (exact) mass is 236 g/mol. The first-order chi connectivity index (χ1) is 8.14. The second kappa shape index (κ2) is 3.56. The summed E-state index contributed by atoms with van der Waals surface area (Å²) in [6, 6.07) is 0. The Morgan fingerprint density at radius 3 is 2.82 bits per heavy atom. The third-order valence-electron chi connectivity index (χ3n) is 5.96. The van der Waals surface area contributed by atoms with Crippen LogP contribution in [-0.4, -0.2) is 19.4 Å². The van der Waals surface area contributed by atoms with Gasteiger partial charge in [0.2, 0.25) is 0 Å². The van der Waals surface area contributed by atoms with Crippen LogP contribution in [0.1, 0.15) is 32.6 Å². The van der Waals surface area contributed by atoms with Crippen molar-refractivity contribution in [1.29, 1.82) is 0 Å². The van der Waals surface area contributed by atoms with Crippen LogP contribution in [0.3, 0.4) is 0 Å². The molecule has 0 radical (unpaired) electrons. The molecule has 0 heterocycles. The molecular weight excluding hydrogens is 216 g/mol. The maximum Gasteiger partial charge on any atom is 0.308 e. The lowest BCUT2D eigenvalue weighted by Crippen LogP contribution is -2.55. The number of aldehydes is 1. The van der Waals surface area contributed by atoms with Crippen molar-refractivity contribution in [3.63, 3.8) is 0 Å². The van der Waals surface area contributed by atoms with Crippen LogP contribution in [0, 0.1) is 35.0 Å². The Bertz CT molecular complexity index is 364. The molecule has 17 heavy (non-hydrogen) atoms. The summed E-state index contributed by atoms with van der Waals surface area (Å²) < 4.78 is 4.92. The molecule has 3 rings (SSSR count). The summed E-state index contributed by atoms with van der Waals surface area (Å²) in [5, 5.41) is 0. The standard InChI is InChI=1S/C14H20O3/c1-14-8(7-15)6-10(13(16)17-2)12(14)9-4-3-5-11(9)14/h7-12H,3-6H2,1-2H3/t8-,9+,10-,11-,12+,14+/m0/s1. The summed E-state index contributed by atoms with van der Waals surface area (Å²) in [5.74, 6) is 1.69. The molecule has 0 N–H and O–H groups in total. The highest BCUT2D eigenvalue weighted by atomic mass is 16.5. The number of ether oxygens (including phenoxy) is 1. The molecular formula is C14H20O3. The van der Waals surface area contributed by atoms with Gasteiger partial charge in [0.25, 0.3) is 0 Å². The van der Waals surface area contributed by atoms with Crippen LogP contribution in [0.15, 0.2) is 0 Å². The molecule has 3 aliphatic rings. The molecule has 6 atom stereocenters. The fourth-order valence-corrected chi connectivity index (χ4v) is 5.31. The molecule has 0 bridgehead atoms. The van der Waals surface area contributed by atoms with Crippen LogP contribution in [0.2, 0.25) is 0 Å². The van der Waals surface area contributed by atoms with E-state index in [-0.39, 0.29) is 23.2 Å². The van der Waals surface area contributed by atoms with Gasteiger partial charge in [-0.15, -0.1) is 0 Å². The SMILES string of the molecule is COC(=O)[C@H]1C[C@@H](C=O)[C@@]2(C)[C@@H]1[C@@H]1CCC[C@@H]12. The minimum atomic E-state index is -0.101. The Balaban J connectivity index is 1.93. The number of fused-ring (bicyclic) bond motifs is 4. The fraction of sp³-hybridized carbons (Fsp3) is 0.857. The van der Waals surface area contributed by atoms with Gasteiger partial charge in [-0.1, -0.05) is 13.3 Å². The van der Waals surface area contributed by atoms with Crippen molar-refractivity contribution >= 4 is 12.3 Å². The lowest BCUT2D eigenvalue weighted by atomic mass is 9.46. The fourth-order valence-electron chi connectivity index (χ4n) is 5.31. The van der Waals surface area contributed by atoms with Gasteiger partial charge < -0.3 is 9.53 Å². The molecule has 0 saturated heterocycles. The molecule has 0 amide bonds. The summed E-state index contributed by atoms with van der Waals surface area (Å²) >= 11 is 0. The Labute approximate surface area is 102 Å². The zero-order chi connectivity index (χ0) is 12.2. The van der Waals surface area contributed by atoms with Crippen LogP contribution in [0.5, 0.6) is 0 Å². The first-order valence-corrected chi connectivity index (χ1v) is 6.67. The van der Waals surface area contributed by atoms with Crippen LogP contribution < -0.4 is 0 Å². The summed E-state index contributed by atoms with van der Waals surface area (Å²) in [4.78, 5) is 23.2. The molecule has 3 saturated carbocycles. The van der Waals surface area contributed by atoms with E-state index in [1.54, 1.807) is 0 Å². The van der Waals surface area contributed by atoms with E-state index < -0.39 is 0 Å². The minimum Gasteiger partial charge on any atom is -0.469 e. The Morgan fingerprint density at radius 1 is 1.41 bits per heavy atom. The molecule has 3 heteroatoms. The van der Waals surface area contributed by atoms with E-state index in [4.69, 9.17) is 4.74 Å². The highest BCUT2D eigenvalue weighted by Crippen LogP contribution is 2.72. The topological polar surface area (TPSA) is 43.4 Å². The molecule has 0 aromatic heterocycles. The lowest BCUT2D eigenvalue weighted by Gasteiger charge is -2.57. The van der Waals surface area contributed by atoms with E-state index in [0.717, 1.165) is 6.29 Å². The van der Waals surface area contributed by atoms with Gasteiger partial charge in [0.15, 0.2) is 0 Å². The van der Waals surface area contributed by atoms with Gasteiger partial charge in [-0.25, -0.2) is 0 Å². The average molecular weight is 236 g/mol. The number of methoxy groups -OCH3 is 1. The number of carbonyl (C=O) groups is 2. The third kappa shape index (κ3) is 1.18. The summed E-state index contributed by atoms with van der Waals surface area (Å²) in [6.45, 7) is 2.23. The molecule has 0 aliphatic heterocycles. The van der Waals surface area contributed by atoms with Gasteiger partial charge in [0, 0.05) is 5.92 Å². The summed E-state index contributed by atoms with van der Waals surface area (Å²) in [7, 11) is 1.46. The van der Waals surface area contributed by atoms with Crippen molar-refractivity contribution in [3.05, 3.63) is 0 Å². The van der Waals surface area contributed by atoms with E-state index in [0.29, 0.717) is 24.2 Å². The van der Waals surface area contributed by atoms with E-state index in [2.05, 4.69) is 6.92 Å². The number of esters is 1. The largest absolute Gasteiger partial charge is 0.469 e.